The van der Waals surface area contributed by atoms with Crippen LogP contribution in [0.5, 0.6) is 0 Å². The van der Waals surface area contributed by atoms with Crippen molar-refractivity contribution in [3.8, 4) is 33.6 Å². The Morgan fingerprint density at radius 1 is 0.875 bits per heavy atom. The molecule has 0 aliphatic rings. The molecule has 0 aliphatic carbocycles. The smallest absolute Gasteiger partial charge is 0.216 e. The SMILES string of the molecule is [2H]C([2H])([2H])c1c[c-]c(-c2cc(C([2H])(C)C)[c]([Ge]([CH3])([CH3])[CH3])cn2)cc1.[2H]C([2H])([2H])c1ccc2c(n1)oc1c(-c3cc(F)c(-c4ccccc4)cn3)[c-]ccc12.[Ir]. The molecule has 7 aromatic rings. The van der Waals surface area contributed by atoms with Gasteiger partial charge in [-0.25, -0.2) is 9.37 Å². The molecule has 7 heteroatoms. The third-order valence-corrected chi connectivity index (χ3v) is 12.1. The van der Waals surface area contributed by atoms with Gasteiger partial charge in [-0.3, -0.25) is 0 Å². The number of furan rings is 1. The number of fused-ring (bicyclic) bond motifs is 3. The van der Waals surface area contributed by atoms with Crippen molar-refractivity contribution in [2.45, 2.75) is 50.7 Å². The second-order valence-corrected chi connectivity index (χ2v) is 23.1. The molecule has 0 N–H and O–H groups in total. The van der Waals surface area contributed by atoms with Crippen LogP contribution in [-0.2, 0) is 20.1 Å². The molecule has 0 amide bonds. The summed E-state index contributed by atoms with van der Waals surface area (Å²) < 4.78 is 75.4. The Balaban J connectivity index is 0.000000213. The van der Waals surface area contributed by atoms with E-state index in [1.807, 2.05) is 56.4 Å². The topological polar surface area (TPSA) is 51.8 Å². The quantitative estimate of drug-likeness (QED) is 0.128. The predicted molar refractivity (Wildman–Crippen MR) is 194 cm³/mol. The fourth-order valence-electron chi connectivity index (χ4n) is 5.41. The maximum atomic E-state index is 14.9. The molecule has 245 valence electrons. The Labute approximate surface area is 308 Å². The fourth-order valence-corrected chi connectivity index (χ4v) is 8.73. The third kappa shape index (κ3) is 7.52. The summed E-state index contributed by atoms with van der Waals surface area (Å²) >= 11 is -2.14. The zero-order valence-corrected chi connectivity index (χ0v) is 31.7. The number of hydrogen-bond acceptors (Lipinski definition) is 4. The first-order valence-corrected chi connectivity index (χ1v) is 22.6. The number of nitrogens with zero attached hydrogens (tertiary/aromatic N) is 3. The Hall–Kier alpha value is -3.97. The molecule has 0 spiro atoms. The average Bonchev–Trinajstić information content (AvgIpc) is 3.49. The molecule has 0 atom stereocenters. The summed E-state index contributed by atoms with van der Waals surface area (Å²) in [5, 5.41) is 1.41. The van der Waals surface area contributed by atoms with E-state index in [9.17, 15) is 4.39 Å². The van der Waals surface area contributed by atoms with Gasteiger partial charge >= 0.3 is 131 Å². The summed E-state index contributed by atoms with van der Waals surface area (Å²) in [7, 11) is 0. The summed E-state index contributed by atoms with van der Waals surface area (Å²) in [5.74, 6) is 5.77. The maximum Gasteiger partial charge on any atom is 0.216 e. The van der Waals surface area contributed by atoms with Gasteiger partial charge < -0.3 is 9.40 Å². The van der Waals surface area contributed by atoms with E-state index in [1.165, 1.54) is 28.8 Å². The van der Waals surface area contributed by atoms with E-state index in [-0.39, 0.29) is 37.1 Å². The summed E-state index contributed by atoms with van der Waals surface area (Å²) in [6.45, 7) is -0.670. The largest absolute Gasteiger partial charge is 0.486 e. The molecule has 3 aromatic carbocycles. The molecule has 4 nitrogen and oxygen atoms in total. The van der Waals surface area contributed by atoms with Gasteiger partial charge in [-0.15, -0.1) is 18.2 Å². The van der Waals surface area contributed by atoms with Crippen molar-refractivity contribution < 1.29 is 38.5 Å². The molecule has 0 aliphatic heterocycles. The van der Waals surface area contributed by atoms with Crippen LogP contribution in [0, 0.1) is 31.7 Å². The Kier molecular flexibility index (Phi) is 8.22. The van der Waals surface area contributed by atoms with Crippen molar-refractivity contribution in [1.29, 1.82) is 0 Å². The standard InChI is InChI=1S/C23H14FN2O.C18H24GeN.Ir/c1-14-10-11-17-16-8-5-9-18(22(16)27-23(17)26-14)21-12-20(24)19(13-25-21)15-6-3-2-4-7-15;1-13(2)16-11-18(15-9-7-14(3)8-10-15)20-12-17(16)19(4,5)6;/h2-8,10-13H,1H3;7-9,11-13H,1-6H3;/q2*-1;/i1D3;3D3,13D;. The predicted octanol–water partition coefficient (Wildman–Crippen LogP) is 10.5. The maximum absolute atomic E-state index is 14.9. The van der Waals surface area contributed by atoms with Crippen LogP contribution >= 0.6 is 0 Å². The third-order valence-electron chi connectivity index (χ3n) is 7.83. The molecule has 48 heavy (non-hydrogen) atoms. The van der Waals surface area contributed by atoms with Crippen LogP contribution in [0.15, 0.2) is 102 Å². The van der Waals surface area contributed by atoms with E-state index in [0.29, 0.717) is 27.8 Å². The van der Waals surface area contributed by atoms with E-state index in [0.717, 1.165) is 27.8 Å². The van der Waals surface area contributed by atoms with E-state index >= 15 is 0 Å². The van der Waals surface area contributed by atoms with Crippen molar-refractivity contribution in [3.05, 3.63) is 132 Å². The Bertz CT molecular complexity index is 2460. The van der Waals surface area contributed by atoms with Crippen LogP contribution in [0.1, 0.15) is 46.2 Å². The molecule has 4 aromatic heterocycles. The molecule has 0 bridgehead atoms. The zero-order valence-electron chi connectivity index (χ0n) is 34.2. The average molecular weight is 880 g/mol. The summed E-state index contributed by atoms with van der Waals surface area (Å²) in [6.07, 6.45) is 3.40. The van der Waals surface area contributed by atoms with Gasteiger partial charge in [-0.05, 0) is 36.3 Å². The number of rotatable bonds is 5. The van der Waals surface area contributed by atoms with Gasteiger partial charge in [-0.2, -0.15) is 0 Å². The first-order valence-electron chi connectivity index (χ1n) is 18.7. The minimum atomic E-state index is -2.33. The molecule has 0 fully saturated rings. The van der Waals surface area contributed by atoms with Crippen LogP contribution in [0.2, 0.25) is 17.3 Å². The first-order chi connectivity index (χ1) is 25.2. The number of hydrogen-bond donors (Lipinski definition) is 0. The first kappa shape index (κ1) is 26.9. The van der Waals surface area contributed by atoms with Crippen molar-refractivity contribution >= 4 is 39.7 Å². The van der Waals surface area contributed by atoms with Crippen LogP contribution in [0.25, 0.3) is 55.7 Å². The number of halogens is 1. The number of pyridine rings is 3. The van der Waals surface area contributed by atoms with Crippen molar-refractivity contribution in [2.75, 3.05) is 0 Å². The molecule has 4 heterocycles. The molecular weight excluding hydrogens is 834 g/mol. The molecule has 7 rings (SSSR count). The van der Waals surface area contributed by atoms with Crippen molar-refractivity contribution in [1.82, 2.24) is 15.0 Å². The van der Waals surface area contributed by atoms with Gasteiger partial charge in [0.25, 0.3) is 0 Å². The number of aryl methyl sites for hydroxylation is 2. The Morgan fingerprint density at radius 2 is 1.67 bits per heavy atom. The van der Waals surface area contributed by atoms with E-state index in [1.54, 1.807) is 30.3 Å². The molecule has 0 saturated carbocycles. The van der Waals surface area contributed by atoms with Crippen LogP contribution < -0.4 is 4.40 Å². The molecule has 1 radical (unpaired) electrons. The summed E-state index contributed by atoms with van der Waals surface area (Å²) in [5.41, 5.74) is 5.36. The number of benzene rings is 3. The van der Waals surface area contributed by atoms with Gasteiger partial charge in [-0.1, -0.05) is 41.3 Å². The van der Waals surface area contributed by atoms with Crippen LogP contribution in [0.4, 0.5) is 4.39 Å². The fraction of sp³-hybridized carbons (Fsp3) is 0.195. The van der Waals surface area contributed by atoms with Gasteiger partial charge in [0.05, 0.1) is 5.58 Å². The second-order valence-electron chi connectivity index (χ2n) is 12.5. The molecule has 0 unspecified atom stereocenters. The van der Waals surface area contributed by atoms with Crippen LogP contribution in [0.3, 0.4) is 0 Å². The Morgan fingerprint density at radius 3 is 2.33 bits per heavy atom. The van der Waals surface area contributed by atoms with Crippen molar-refractivity contribution in [3.63, 3.8) is 0 Å². The van der Waals surface area contributed by atoms with E-state index in [2.05, 4.69) is 44.4 Å². The van der Waals surface area contributed by atoms with E-state index in [4.69, 9.17) is 14.0 Å². The van der Waals surface area contributed by atoms with Gasteiger partial charge in [0.1, 0.15) is 5.82 Å². The zero-order chi connectivity index (χ0) is 39.2. The molecule has 0 saturated heterocycles. The summed E-state index contributed by atoms with van der Waals surface area (Å²) in [4.78, 5) is 13.1. The normalized spacial score (nSPS) is 14.2. The van der Waals surface area contributed by atoms with Gasteiger partial charge in [0.2, 0.25) is 5.71 Å². The van der Waals surface area contributed by atoms with Crippen LogP contribution in [-0.4, -0.2) is 28.2 Å². The minimum absolute atomic E-state index is 0. The van der Waals surface area contributed by atoms with E-state index < -0.39 is 38.7 Å². The second kappa shape index (κ2) is 14.7. The monoisotopic (exact) mass is 881 g/mol. The van der Waals surface area contributed by atoms with Gasteiger partial charge in [0.15, 0.2) is 0 Å². The van der Waals surface area contributed by atoms with Gasteiger partial charge in [0, 0.05) is 47.1 Å². The summed E-state index contributed by atoms with van der Waals surface area (Å²) in [6, 6.07) is 30.1. The van der Waals surface area contributed by atoms with Crippen molar-refractivity contribution in [2.24, 2.45) is 0 Å². The minimum Gasteiger partial charge on any atom is -0.486 e. The number of aromatic nitrogens is 3. The molecular formula is C41H38FGeIrN3O-2.